The van der Waals surface area contributed by atoms with Crippen LogP contribution in [-0.4, -0.2) is 22.3 Å². The van der Waals surface area contributed by atoms with Gasteiger partial charge in [-0.3, -0.25) is 9.78 Å². The van der Waals surface area contributed by atoms with Crippen molar-refractivity contribution in [3.8, 4) is 0 Å². The Balaban J connectivity index is 1.93. The summed E-state index contributed by atoms with van der Waals surface area (Å²) in [7, 11) is 0. The van der Waals surface area contributed by atoms with E-state index in [9.17, 15) is 9.18 Å². The number of hydrogen-bond donors (Lipinski definition) is 0. The van der Waals surface area contributed by atoms with Gasteiger partial charge < -0.3 is 4.90 Å². The van der Waals surface area contributed by atoms with Crippen LogP contribution >= 0.6 is 0 Å². The number of carbonyl (C=O) groups excluding carboxylic acids is 1. The molecule has 1 amide bonds. The quantitative estimate of drug-likeness (QED) is 0.729. The minimum Gasteiger partial charge on any atom is -0.335 e. The zero-order valence-electron chi connectivity index (χ0n) is 12.9. The molecule has 0 saturated heterocycles. The van der Waals surface area contributed by atoms with Gasteiger partial charge in [-0.2, -0.15) is 0 Å². The number of rotatable bonds is 4. The van der Waals surface area contributed by atoms with Crippen molar-refractivity contribution in [2.75, 3.05) is 6.54 Å². The molecule has 3 rings (SSSR count). The van der Waals surface area contributed by atoms with Crippen molar-refractivity contribution in [1.82, 2.24) is 9.88 Å². The molecule has 0 unspecified atom stereocenters. The van der Waals surface area contributed by atoms with E-state index in [1.54, 1.807) is 23.2 Å². The van der Waals surface area contributed by atoms with Crippen LogP contribution in [0.15, 0.2) is 60.8 Å². The lowest BCUT2D eigenvalue weighted by Crippen LogP contribution is -2.30. The molecule has 116 valence electrons. The van der Waals surface area contributed by atoms with Gasteiger partial charge in [0.25, 0.3) is 5.91 Å². The van der Waals surface area contributed by atoms with Gasteiger partial charge in [0.2, 0.25) is 0 Å². The standard InChI is InChI=1S/C19H17FN2O/c1-2-22(13-14-6-3-7-15(20)12-14)19(23)17-8-4-10-18-16(17)9-5-11-21-18/h3-12H,2,13H2,1H3. The normalized spacial score (nSPS) is 10.7. The molecule has 1 heterocycles. The molecule has 0 atom stereocenters. The smallest absolute Gasteiger partial charge is 0.254 e. The predicted octanol–water partition coefficient (Wildman–Crippen LogP) is 4.04. The summed E-state index contributed by atoms with van der Waals surface area (Å²) in [5.74, 6) is -0.365. The van der Waals surface area contributed by atoms with E-state index in [1.165, 1.54) is 12.1 Å². The number of amides is 1. The van der Waals surface area contributed by atoms with Crippen LogP contribution in [0.2, 0.25) is 0 Å². The van der Waals surface area contributed by atoms with Gasteiger partial charge in [0, 0.05) is 30.2 Å². The lowest BCUT2D eigenvalue weighted by Gasteiger charge is -2.22. The van der Waals surface area contributed by atoms with Crippen LogP contribution in [0.5, 0.6) is 0 Å². The Labute approximate surface area is 134 Å². The first-order valence-corrected chi connectivity index (χ1v) is 7.56. The van der Waals surface area contributed by atoms with Crippen LogP contribution in [0, 0.1) is 5.82 Å². The van der Waals surface area contributed by atoms with Crippen LogP contribution in [-0.2, 0) is 6.54 Å². The molecule has 0 aliphatic heterocycles. The number of benzene rings is 2. The van der Waals surface area contributed by atoms with E-state index in [4.69, 9.17) is 0 Å². The number of nitrogens with zero attached hydrogens (tertiary/aromatic N) is 2. The van der Waals surface area contributed by atoms with E-state index in [0.29, 0.717) is 18.7 Å². The summed E-state index contributed by atoms with van der Waals surface area (Å²) in [6.45, 7) is 2.84. The maximum Gasteiger partial charge on any atom is 0.254 e. The van der Waals surface area contributed by atoms with E-state index in [1.807, 2.05) is 37.3 Å². The highest BCUT2D eigenvalue weighted by Crippen LogP contribution is 2.19. The zero-order valence-corrected chi connectivity index (χ0v) is 12.9. The van der Waals surface area contributed by atoms with Crippen LogP contribution in [0.25, 0.3) is 10.9 Å². The van der Waals surface area contributed by atoms with Gasteiger partial charge >= 0.3 is 0 Å². The van der Waals surface area contributed by atoms with E-state index in [-0.39, 0.29) is 11.7 Å². The highest BCUT2D eigenvalue weighted by molar-refractivity contribution is 6.06. The number of carbonyl (C=O) groups is 1. The minimum atomic E-state index is -0.291. The van der Waals surface area contributed by atoms with Gasteiger partial charge in [0.1, 0.15) is 5.82 Å². The summed E-state index contributed by atoms with van der Waals surface area (Å²) in [4.78, 5) is 18.9. The molecule has 23 heavy (non-hydrogen) atoms. The molecular weight excluding hydrogens is 291 g/mol. The lowest BCUT2D eigenvalue weighted by atomic mass is 10.1. The van der Waals surface area contributed by atoms with Crippen molar-refractivity contribution < 1.29 is 9.18 Å². The Morgan fingerprint density at radius 3 is 2.74 bits per heavy atom. The molecule has 0 N–H and O–H groups in total. The third-order valence-corrected chi connectivity index (χ3v) is 3.81. The summed E-state index contributed by atoms with van der Waals surface area (Å²) in [5.41, 5.74) is 2.19. The third kappa shape index (κ3) is 3.21. The van der Waals surface area contributed by atoms with E-state index in [0.717, 1.165) is 16.5 Å². The topological polar surface area (TPSA) is 33.2 Å². The average Bonchev–Trinajstić information content (AvgIpc) is 2.58. The fourth-order valence-electron chi connectivity index (χ4n) is 2.64. The summed E-state index contributed by atoms with van der Waals surface area (Å²) in [5, 5.41) is 0.831. The number of halogens is 1. The van der Waals surface area contributed by atoms with Gasteiger partial charge in [0.15, 0.2) is 0 Å². The van der Waals surface area contributed by atoms with Gasteiger partial charge in [-0.15, -0.1) is 0 Å². The molecule has 0 aliphatic carbocycles. The Bertz CT molecular complexity index is 842. The van der Waals surface area contributed by atoms with Gasteiger partial charge in [-0.1, -0.05) is 24.3 Å². The van der Waals surface area contributed by atoms with Crippen molar-refractivity contribution in [3.63, 3.8) is 0 Å². The number of aromatic nitrogens is 1. The minimum absolute atomic E-state index is 0.0737. The molecule has 1 aromatic heterocycles. The Morgan fingerprint density at radius 1 is 1.13 bits per heavy atom. The van der Waals surface area contributed by atoms with Crippen LogP contribution in [0.4, 0.5) is 4.39 Å². The SMILES string of the molecule is CCN(Cc1cccc(F)c1)C(=O)c1cccc2ncccc12. The number of hydrogen-bond acceptors (Lipinski definition) is 2. The largest absolute Gasteiger partial charge is 0.335 e. The van der Waals surface area contributed by atoms with Gasteiger partial charge in [-0.25, -0.2) is 4.39 Å². The zero-order chi connectivity index (χ0) is 16.2. The van der Waals surface area contributed by atoms with Crippen molar-refractivity contribution in [3.05, 3.63) is 77.7 Å². The second kappa shape index (κ2) is 6.57. The van der Waals surface area contributed by atoms with Gasteiger partial charge in [-0.05, 0) is 42.8 Å². The second-order valence-corrected chi connectivity index (χ2v) is 5.32. The monoisotopic (exact) mass is 308 g/mol. The molecule has 0 saturated carbocycles. The molecule has 0 bridgehead atoms. The number of fused-ring (bicyclic) bond motifs is 1. The Morgan fingerprint density at radius 2 is 1.96 bits per heavy atom. The molecule has 4 heteroatoms. The van der Waals surface area contributed by atoms with Crippen LogP contribution in [0.3, 0.4) is 0 Å². The first kappa shape index (κ1) is 15.2. The molecule has 0 spiro atoms. The first-order chi connectivity index (χ1) is 11.2. The molecule has 0 radical (unpaired) electrons. The van der Waals surface area contributed by atoms with Crippen molar-refractivity contribution >= 4 is 16.8 Å². The van der Waals surface area contributed by atoms with Crippen LogP contribution < -0.4 is 0 Å². The van der Waals surface area contributed by atoms with Crippen molar-refractivity contribution in [2.24, 2.45) is 0 Å². The van der Waals surface area contributed by atoms with E-state index in [2.05, 4.69) is 4.98 Å². The van der Waals surface area contributed by atoms with Gasteiger partial charge in [0.05, 0.1) is 5.52 Å². The second-order valence-electron chi connectivity index (χ2n) is 5.32. The highest BCUT2D eigenvalue weighted by Gasteiger charge is 2.17. The first-order valence-electron chi connectivity index (χ1n) is 7.56. The van der Waals surface area contributed by atoms with Crippen LogP contribution in [0.1, 0.15) is 22.8 Å². The number of pyridine rings is 1. The van der Waals surface area contributed by atoms with Crippen molar-refractivity contribution in [1.29, 1.82) is 0 Å². The lowest BCUT2D eigenvalue weighted by molar-refractivity contribution is 0.0754. The maximum atomic E-state index is 13.3. The third-order valence-electron chi connectivity index (χ3n) is 3.81. The summed E-state index contributed by atoms with van der Waals surface area (Å²) >= 11 is 0. The summed E-state index contributed by atoms with van der Waals surface area (Å²) in [6.07, 6.45) is 1.71. The van der Waals surface area contributed by atoms with Crippen molar-refractivity contribution in [2.45, 2.75) is 13.5 Å². The fourth-order valence-corrected chi connectivity index (χ4v) is 2.64. The van der Waals surface area contributed by atoms with E-state index < -0.39 is 0 Å². The molecular formula is C19H17FN2O. The molecule has 0 aliphatic rings. The molecule has 3 aromatic rings. The highest BCUT2D eigenvalue weighted by atomic mass is 19.1. The fraction of sp³-hybridized carbons (Fsp3) is 0.158. The Hall–Kier alpha value is -2.75. The predicted molar refractivity (Wildman–Crippen MR) is 88.6 cm³/mol. The molecule has 3 nitrogen and oxygen atoms in total. The maximum absolute atomic E-state index is 13.3. The van der Waals surface area contributed by atoms with E-state index >= 15 is 0 Å². The molecule has 0 fully saturated rings. The summed E-state index contributed by atoms with van der Waals surface area (Å²) in [6, 6.07) is 15.6. The summed E-state index contributed by atoms with van der Waals surface area (Å²) < 4.78 is 13.3. The average molecular weight is 308 g/mol. The molecule has 2 aromatic carbocycles. The Kier molecular flexibility index (Phi) is 4.33.